The number of aromatic nitrogens is 2. The van der Waals surface area contributed by atoms with Gasteiger partial charge in [-0.25, -0.2) is 9.37 Å². The minimum atomic E-state index is -0.417. The van der Waals surface area contributed by atoms with E-state index in [1.54, 1.807) is 12.1 Å². The molecule has 20 heavy (non-hydrogen) atoms. The van der Waals surface area contributed by atoms with Gasteiger partial charge in [0, 0.05) is 11.3 Å². The van der Waals surface area contributed by atoms with E-state index in [2.05, 4.69) is 4.98 Å². The summed E-state index contributed by atoms with van der Waals surface area (Å²) in [4.78, 5) is 16.6. The standard InChI is InChI=1S/C14H12FN3OS/c1-8-6-20-13-12(8)17-7-18(14(13)19)5-9-2-3-10(16)4-11(9)15/h2-4,6-7H,5,16H2,1H3. The second kappa shape index (κ2) is 4.72. The summed E-state index contributed by atoms with van der Waals surface area (Å²) in [5.74, 6) is -0.417. The second-order valence-corrected chi connectivity index (χ2v) is 5.50. The number of hydrogen-bond donors (Lipinski definition) is 1. The summed E-state index contributed by atoms with van der Waals surface area (Å²) in [5.41, 5.74) is 7.83. The Hall–Kier alpha value is -2.21. The van der Waals surface area contributed by atoms with Gasteiger partial charge in [0.1, 0.15) is 10.5 Å². The summed E-state index contributed by atoms with van der Waals surface area (Å²) >= 11 is 1.36. The molecular weight excluding hydrogens is 277 g/mol. The van der Waals surface area contributed by atoms with Crippen LogP contribution in [-0.2, 0) is 6.54 Å². The fraction of sp³-hybridized carbons (Fsp3) is 0.143. The Balaban J connectivity index is 2.07. The first-order chi connectivity index (χ1) is 9.56. The third-order valence-electron chi connectivity index (χ3n) is 3.14. The molecule has 0 aliphatic rings. The van der Waals surface area contributed by atoms with E-state index in [-0.39, 0.29) is 12.1 Å². The van der Waals surface area contributed by atoms with Crippen molar-refractivity contribution in [2.45, 2.75) is 13.5 Å². The predicted molar refractivity (Wildman–Crippen MR) is 78.5 cm³/mol. The molecule has 2 aromatic heterocycles. The van der Waals surface area contributed by atoms with Crippen LogP contribution in [0.1, 0.15) is 11.1 Å². The van der Waals surface area contributed by atoms with E-state index >= 15 is 0 Å². The van der Waals surface area contributed by atoms with Crippen molar-refractivity contribution in [3.8, 4) is 0 Å². The molecule has 0 amide bonds. The molecular formula is C14H12FN3OS. The van der Waals surface area contributed by atoms with Crippen molar-refractivity contribution in [3.05, 3.63) is 57.2 Å². The highest BCUT2D eigenvalue weighted by atomic mass is 32.1. The molecule has 0 unspecified atom stereocenters. The Morgan fingerprint density at radius 1 is 1.45 bits per heavy atom. The van der Waals surface area contributed by atoms with Gasteiger partial charge >= 0.3 is 0 Å². The van der Waals surface area contributed by atoms with E-state index in [4.69, 9.17) is 5.73 Å². The number of benzene rings is 1. The van der Waals surface area contributed by atoms with Gasteiger partial charge in [-0.15, -0.1) is 11.3 Å². The predicted octanol–water partition coefficient (Wildman–Crippen LogP) is 2.54. The number of nitrogen functional groups attached to an aromatic ring is 1. The summed E-state index contributed by atoms with van der Waals surface area (Å²) < 4.78 is 15.8. The van der Waals surface area contributed by atoms with Crippen LogP contribution in [0.4, 0.5) is 10.1 Å². The highest BCUT2D eigenvalue weighted by Gasteiger charge is 2.10. The molecule has 0 aliphatic heterocycles. The van der Waals surface area contributed by atoms with Crippen LogP contribution in [0.2, 0.25) is 0 Å². The van der Waals surface area contributed by atoms with Crippen molar-refractivity contribution in [2.75, 3.05) is 5.73 Å². The van der Waals surface area contributed by atoms with Crippen LogP contribution >= 0.6 is 11.3 Å². The molecule has 102 valence electrons. The van der Waals surface area contributed by atoms with Crippen molar-refractivity contribution in [1.29, 1.82) is 0 Å². The van der Waals surface area contributed by atoms with Gasteiger partial charge in [0.25, 0.3) is 5.56 Å². The molecule has 6 heteroatoms. The van der Waals surface area contributed by atoms with Gasteiger partial charge in [0.05, 0.1) is 18.4 Å². The Kier molecular flexibility index (Phi) is 3.02. The lowest BCUT2D eigenvalue weighted by Gasteiger charge is -2.07. The third-order valence-corrected chi connectivity index (χ3v) is 4.22. The minimum Gasteiger partial charge on any atom is -0.399 e. The lowest BCUT2D eigenvalue weighted by atomic mass is 10.2. The summed E-state index contributed by atoms with van der Waals surface area (Å²) in [6.45, 7) is 2.06. The van der Waals surface area contributed by atoms with Gasteiger partial charge in [-0.05, 0) is 30.0 Å². The van der Waals surface area contributed by atoms with E-state index in [1.807, 2.05) is 12.3 Å². The van der Waals surface area contributed by atoms with Crippen molar-refractivity contribution >= 4 is 27.2 Å². The molecule has 0 saturated heterocycles. The number of thiophene rings is 1. The largest absolute Gasteiger partial charge is 0.399 e. The number of rotatable bonds is 2. The fourth-order valence-electron chi connectivity index (χ4n) is 2.05. The smallest absolute Gasteiger partial charge is 0.271 e. The second-order valence-electron chi connectivity index (χ2n) is 4.62. The molecule has 1 aromatic carbocycles. The van der Waals surface area contributed by atoms with Gasteiger partial charge in [-0.1, -0.05) is 6.07 Å². The maximum Gasteiger partial charge on any atom is 0.271 e. The molecule has 0 atom stereocenters. The highest BCUT2D eigenvalue weighted by molar-refractivity contribution is 7.17. The molecule has 0 fully saturated rings. The zero-order valence-corrected chi connectivity index (χ0v) is 11.6. The highest BCUT2D eigenvalue weighted by Crippen LogP contribution is 2.20. The van der Waals surface area contributed by atoms with Crippen LogP contribution in [0, 0.1) is 12.7 Å². The van der Waals surface area contributed by atoms with Gasteiger partial charge in [0.15, 0.2) is 0 Å². The first-order valence-corrected chi connectivity index (χ1v) is 6.91. The molecule has 3 rings (SSSR count). The van der Waals surface area contributed by atoms with Crippen LogP contribution in [0.5, 0.6) is 0 Å². The topological polar surface area (TPSA) is 60.9 Å². The summed E-state index contributed by atoms with van der Waals surface area (Å²) in [6, 6.07) is 4.45. The maximum absolute atomic E-state index is 13.8. The third kappa shape index (κ3) is 2.08. The van der Waals surface area contributed by atoms with E-state index in [0.29, 0.717) is 21.5 Å². The van der Waals surface area contributed by atoms with Gasteiger partial charge in [0.2, 0.25) is 0 Å². The number of nitrogens with two attached hydrogens (primary N) is 1. The van der Waals surface area contributed by atoms with E-state index in [9.17, 15) is 9.18 Å². The van der Waals surface area contributed by atoms with Crippen molar-refractivity contribution in [3.63, 3.8) is 0 Å². The van der Waals surface area contributed by atoms with Crippen LogP contribution < -0.4 is 11.3 Å². The SMILES string of the molecule is Cc1csc2c(=O)n(Cc3ccc(N)cc3F)cnc12. The molecule has 2 N–H and O–H groups in total. The zero-order valence-electron chi connectivity index (χ0n) is 10.8. The quantitative estimate of drug-likeness (QED) is 0.737. The first-order valence-electron chi connectivity index (χ1n) is 6.03. The van der Waals surface area contributed by atoms with Crippen LogP contribution in [0.15, 0.2) is 34.7 Å². The lowest BCUT2D eigenvalue weighted by Crippen LogP contribution is -2.20. The molecule has 0 saturated carbocycles. The number of hydrogen-bond acceptors (Lipinski definition) is 4. The Morgan fingerprint density at radius 2 is 2.25 bits per heavy atom. The van der Waals surface area contributed by atoms with Gasteiger partial charge in [-0.2, -0.15) is 0 Å². The number of aryl methyl sites for hydroxylation is 1. The number of fused-ring (bicyclic) bond motifs is 1. The lowest BCUT2D eigenvalue weighted by molar-refractivity contribution is 0.596. The first kappa shape index (κ1) is 12.8. The number of anilines is 1. The molecule has 3 aromatic rings. The van der Waals surface area contributed by atoms with E-state index < -0.39 is 5.82 Å². The number of halogens is 1. The van der Waals surface area contributed by atoms with Crippen molar-refractivity contribution in [1.82, 2.24) is 9.55 Å². The molecule has 0 bridgehead atoms. The van der Waals surface area contributed by atoms with E-state index in [1.165, 1.54) is 28.3 Å². The summed E-state index contributed by atoms with van der Waals surface area (Å²) in [6.07, 6.45) is 1.46. The average Bonchev–Trinajstić information content (AvgIpc) is 2.78. The van der Waals surface area contributed by atoms with Crippen LogP contribution in [0.25, 0.3) is 10.2 Å². The van der Waals surface area contributed by atoms with Gasteiger partial charge < -0.3 is 5.73 Å². The van der Waals surface area contributed by atoms with Crippen LogP contribution in [-0.4, -0.2) is 9.55 Å². The average molecular weight is 289 g/mol. The molecule has 2 heterocycles. The molecule has 0 radical (unpaired) electrons. The molecule has 0 aliphatic carbocycles. The Bertz CT molecular complexity index is 853. The Labute approximate surface area is 118 Å². The fourth-order valence-corrected chi connectivity index (χ4v) is 3.00. The van der Waals surface area contributed by atoms with Crippen LogP contribution in [0.3, 0.4) is 0 Å². The van der Waals surface area contributed by atoms with E-state index in [0.717, 1.165) is 5.56 Å². The molecule has 4 nitrogen and oxygen atoms in total. The molecule has 0 spiro atoms. The number of nitrogens with zero attached hydrogens (tertiary/aromatic N) is 2. The minimum absolute atomic E-state index is 0.144. The normalized spacial score (nSPS) is 11.1. The van der Waals surface area contributed by atoms with Gasteiger partial charge in [-0.3, -0.25) is 9.36 Å². The monoisotopic (exact) mass is 289 g/mol. The van der Waals surface area contributed by atoms with Crippen molar-refractivity contribution < 1.29 is 4.39 Å². The summed E-state index contributed by atoms with van der Waals surface area (Å²) in [7, 11) is 0. The zero-order chi connectivity index (χ0) is 14.3. The maximum atomic E-state index is 13.8. The van der Waals surface area contributed by atoms with Crippen molar-refractivity contribution in [2.24, 2.45) is 0 Å². The summed E-state index contributed by atoms with van der Waals surface area (Å²) in [5, 5.41) is 1.90. The Morgan fingerprint density at radius 3 is 3.00 bits per heavy atom.